The zero-order valence-electron chi connectivity index (χ0n) is 15.6. The Labute approximate surface area is 160 Å². The van der Waals surface area contributed by atoms with E-state index in [0.717, 1.165) is 16.9 Å². The van der Waals surface area contributed by atoms with E-state index in [-0.39, 0.29) is 0 Å². The largest absolute Gasteiger partial charge is 0.378 e. The van der Waals surface area contributed by atoms with E-state index in [1.165, 1.54) is 0 Å². The van der Waals surface area contributed by atoms with Crippen molar-refractivity contribution in [2.45, 2.75) is 19.6 Å². The van der Waals surface area contributed by atoms with Crippen molar-refractivity contribution >= 4 is 30.6 Å². The first-order valence-corrected chi connectivity index (χ1v) is 10.6. The average Bonchev–Trinajstić information content (AvgIpc) is 2.61. The lowest BCUT2D eigenvalue weighted by atomic mass is 10.2. The van der Waals surface area contributed by atoms with E-state index in [9.17, 15) is 4.57 Å². The number of hydrogen-bond donors (Lipinski definition) is 1. The number of benzene rings is 2. The van der Waals surface area contributed by atoms with E-state index in [4.69, 9.17) is 20.6 Å². The van der Waals surface area contributed by atoms with Gasteiger partial charge in [0.25, 0.3) is 0 Å². The van der Waals surface area contributed by atoms with Crippen molar-refractivity contribution in [1.82, 2.24) is 0 Å². The molecule has 0 bridgehead atoms. The maximum absolute atomic E-state index is 13.5. The number of hydrogen-bond acceptors (Lipinski definition) is 5. The first kappa shape index (κ1) is 20.8. The molecule has 0 aromatic heterocycles. The van der Waals surface area contributed by atoms with Crippen molar-refractivity contribution in [1.29, 1.82) is 0 Å². The second-order valence-corrected chi connectivity index (χ2v) is 8.46. The molecule has 0 saturated heterocycles. The van der Waals surface area contributed by atoms with E-state index in [1.54, 1.807) is 26.0 Å². The zero-order chi connectivity index (χ0) is 19.2. The second kappa shape index (κ2) is 9.43. The second-order valence-electron chi connectivity index (χ2n) is 5.92. The van der Waals surface area contributed by atoms with Crippen LogP contribution in [-0.4, -0.2) is 27.3 Å². The van der Waals surface area contributed by atoms with Gasteiger partial charge in [-0.3, -0.25) is 4.57 Å². The van der Waals surface area contributed by atoms with Gasteiger partial charge in [0.15, 0.2) is 5.78 Å². The van der Waals surface area contributed by atoms with E-state index >= 15 is 0 Å². The molecule has 26 heavy (non-hydrogen) atoms. The lowest BCUT2D eigenvalue weighted by Gasteiger charge is -2.28. The van der Waals surface area contributed by atoms with Crippen molar-refractivity contribution in [3.63, 3.8) is 0 Å². The van der Waals surface area contributed by atoms with Gasteiger partial charge in [0.05, 0.1) is 13.2 Å². The quantitative estimate of drug-likeness (QED) is 0.544. The first-order valence-electron chi connectivity index (χ1n) is 8.57. The Morgan fingerprint density at radius 2 is 1.54 bits per heavy atom. The van der Waals surface area contributed by atoms with Crippen molar-refractivity contribution in [3.8, 4) is 0 Å². The van der Waals surface area contributed by atoms with Crippen molar-refractivity contribution in [2.75, 3.05) is 37.5 Å². The Hall–Kier alpha value is -1.52. The fourth-order valence-corrected chi connectivity index (χ4v) is 4.61. The van der Waals surface area contributed by atoms with Gasteiger partial charge in [0.1, 0.15) is 0 Å². The molecule has 1 N–H and O–H groups in total. The van der Waals surface area contributed by atoms with Crippen LogP contribution in [0.5, 0.6) is 0 Å². The minimum Gasteiger partial charge on any atom is -0.378 e. The molecule has 2 rings (SSSR count). The van der Waals surface area contributed by atoms with Gasteiger partial charge in [-0.15, -0.1) is 0 Å². The van der Waals surface area contributed by atoms with Gasteiger partial charge in [0, 0.05) is 30.5 Å². The third-order valence-corrected chi connectivity index (χ3v) is 6.35. The predicted octanol–water partition coefficient (Wildman–Crippen LogP) is 5.78. The Morgan fingerprint density at radius 1 is 1.00 bits per heavy atom. The number of anilines is 2. The summed E-state index contributed by atoms with van der Waals surface area (Å²) in [5, 5.41) is 3.94. The Morgan fingerprint density at radius 3 is 2.00 bits per heavy atom. The van der Waals surface area contributed by atoms with Crippen molar-refractivity contribution in [3.05, 3.63) is 59.1 Å². The Balaban J connectivity index is 2.42. The molecule has 0 aliphatic heterocycles. The molecular weight excluding hydrogens is 371 g/mol. The maximum Gasteiger partial charge on any atom is 0.357 e. The summed E-state index contributed by atoms with van der Waals surface area (Å²) in [6.45, 7) is 4.21. The van der Waals surface area contributed by atoms with Gasteiger partial charge in [-0.2, -0.15) is 0 Å². The summed E-state index contributed by atoms with van der Waals surface area (Å²) in [7, 11) is 0.527. The van der Waals surface area contributed by atoms with Crippen LogP contribution in [0.3, 0.4) is 0 Å². The van der Waals surface area contributed by atoms with E-state index in [0.29, 0.717) is 18.2 Å². The Kier molecular flexibility index (Phi) is 7.54. The summed E-state index contributed by atoms with van der Waals surface area (Å²) < 4.78 is 24.6. The lowest BCUT2D eigenvalue weighted by molar-refractivity contribution is 0.214. The highest BCUT2D eigenvalue weighted by Gasteiger charge is 2.37. The molecule has 2 aromatic carbocycles. The molecule has 0 amide bonds. The molecule has 2 aromatic rings. The molecular formula is C19H26ClN2O3P. The SMILES string of the molecule is CCOP(=O)(OCC)C(Nc1ccc(Cl)cc1)c1ccc(N(C)C)cc1. The van der Waals surface area contributed by atoms with Gasteiger partial charge in [0.2, 0.25) is 0 Å². The minimum atomic E-state index is -3.43. The summed E-state index contributed by atoms with van der Waals surface area (Å²) >= 11 is 5.97. The molecule has 0 radical (unpaired) electrons. The highest BCUT2D eigenvalue weighted by Crippen LogP contribution is 2.60. The maximum atomic E-state index is 13.5. The van der Waals surface area contributed by atoms with Crippen LogP contribution in [0, 0.1) is 0 Å². The molecule has 0 aliphatic rings. The molecule has 0 spiro atoms. The highest BCUT2D eigenvalue weighted by atomic mass is 35.5. The number of rotatable bonds is 9. The predicted molar refractivity (Wildman–Crippen MR) is 109 cm³/mol. The molecule has 0 saturated carbocycles. The molecule has 0 aliphatic carbocycles. The fraction of sp³-hybridized carbons (Fsp3) is 0.368. The Bertz CT molecular complexity index is 725. The van der Waals surface area contributed by atoms with E-state index < -0.39 is 13.4 Å². The van der Waals surface area contributed by atoms with E-state index in [1.807, 2.05) is 55.4 Å². The van der Waals surface area contributed by atoms with Crippen LogP contribution < -0.4 is 10.2 Å². The van der Waals surface area contributed by atoms with Gasteiger partial charge in [-0.25, -0.2) is 0 Å². The third-order valence-electron chi connectivity index (χ3n) is 3.81. The number of nitrogens with one attached hydrogen (secondary N) is 1. The van der Waals surface area contributed by atoms with Gasteiger partial charge in [-0.05, 0) is 55.8 Å². The molecule has 5 nitrogen and oxygen atoms in total. The standard InChI is InChI=1S/C19H26ClN2O3P/c1-5-24-26(23,25-6-2)19(21-17-11-9-16(20)10-12-17)15-7-13-18(14-8-15)22(3)4/h7-14,19,21H,5-6H2,1-4H3. The van der Waals surface area contributed by atoms with Crippen LogP contribution in [0.1, 0.15) is 25.2 Å². The molecule has 1 atom stereocenters. The third kappa shape index (κ3) is 5.24. The van der Waals surface area contributed by atoms with Crippen LogP contribution in [0.15, 0.2) is 48.5 Å². The summed E-state index contributed by atoms with van der Waals surface area (Å²) in [5.41, 5.74) is 2.67. The van der Waals surface area contributed by atoms with Crippen LogP contribution in [0.2, 0.25) is 5.02 Å². The molecule has 7 heteroatoms. The van der Waals surface area contributed by atoms with Crippen molar-refractivity contribution in [2.24, 2.45) is 0 Å². The minimum absolute atomic E-state index is 0.297. The summed E-state index contributed by atoms with van der Waals surface area (Å²) in [5.74, 6) is -0.625. The van der Waals surface area contributed by atoms with Crippen LogP contribution in [0.4, 0.5) is 11.4 Å². The topological polar surface area (TPSA) is 50.8 Å². The average molecular weight is 397 g/mol. The lowest BCUT2D eigenvalue weighted by Crippen LogP contribution is -2.16. The number of halogens is 1. The first-order chi connectivity index (χ1) is 12.4. The highest BCUT2D eigenvalue weighted by molar-refractivity contribution is 7.54. The van der Waals surface area contributed by atoms with E-state index in [2.05, 4.69) is 5.32 Å². The van der Waals surface area contributed by atoms with Crippen LogP contribution in [0.25, 0.3) is 0 Å². The summed E-state index contributed by atoms with van der Waals surface area (Å²) in [6, 6.07) is 15.1. The monoisotopic (exact) mass is 396 g/mol. The molecule has 0 fully saturated rings. The number of nitrogens with zero attached hydrogens (tertiary/aromatic N) is 1. The van der Waals surface area contributed by atoms with Crippen LogP contribution >= 0.6 is 19.2 Å². The normalized spacial score (nSPS) is 12.7. The molecule has 1 unspecified atom stereocenters. The van der Waals surface area contributed by atoms with Gasteiger partial charge < -0.3 is 19.3 Å². The fourth-order valence-electron chi connectivity index (χ4n) is 2.55. The summed E-state index contributed by atoms with van der Waals surface area (Å²) in [6.07, 6.45) is 0. The smallest absolute Gasteiger partial charge is 0.357 e. The van der Waals surface area contributed by atoms with Gasteiger partial charge in [-0.1, -0.05) is 23.7 Å². The molecule has 142 valence electrons. The van der Waals surface area contributed by atoms with Crippen molar-refractivity contribution < 1.29 is 13.6 Å². The van der Waals surface area contributed by atoms with Gasteiger partial charge >= 0.3 is 7.60 Å². The molecule has 0 heterocycles. The zero-order valence-corrected chi connectivity index (χ0v) is 17.3. The summed E-state index contributed by atoms with van der Waals surface area (Å²) in [4.78, 5) is 2.01. The van der Waals surface area contributed by atoms with Crippen LogP contribution in [-0.2, 0) is 13.6 Å².